The molecule has 152 valence electrons. The summed E-state index contributed by atoms with van der Waals surface area (Å²) < 4.78 is 5.46. The van der Waals surface area contributed by atoms with Crippen molar-refractivity contribution in [1.29, 1.82) is 0 Å². The Bertz CT molecular complexity index is 897. The zero-order valence-corrected chi connectivity index (χ0v) is 16.2. The molecule has 2 aromatic rings. The molecule has 0 aliphatic carbocycles. The Balaban J connectivity index is 1.61. The minimum Gasteiger partial charge on any atom is -0.494 e. The van der Waals surface area contributed by atoms with E-state index in [4.69, 9.17) is 4.74 Å². The molecule has 29 heavy (non-hydrogen) atoms. The molecule has 8 nitrogen and oxygen atoms in total. The van der Waals surface area contributed by atoms with E-state index in [0.717, 1.165) is 24.2 Å². The van der Waals surface area contributed by atoms with E-state index in [1.54, 1.807) is 4.90 Å². The molecule has 1 atom stereocenters. The molecular formula is C21H23N3O5. The Labute approximate surface area is 168 Å². The minimum atomic E-state index is -0.562. The summed E-state index contributed by atoms with van der Waals surface area (Å²) in [5.74, 6) is 0.0929. The molecule has 0 aromatic heterocycles. The lowest BCUT2D eigenvalue weighted by atomic mass is 10.0. The van der Waals surface area contributed by atoms with Gasteiger partial charge < -0.3 is 15.0 Å². The van der Waals surface area contributed by atoms with E-state index in [0.29, 0.717) is 13.2 Å². The summed E-state index contributed by atoms with van der Waals surface area (Å²) in [5, 5.41) is 13.4. The fraction of sp³-hybridized carbons (Fsp3) is 0.333. The number of ether oxygens (including phenoxy) is 1. The molecule has 8 heteroatoms. The summed E-state index contributed by atoms with van der Waals surface area (Å²) in [5.41, 5.74) is 1.01. The van der Waals surface area contributed by atoms with Gasteiger partial charge >= 0.3 is 0 Å². The van der Waals surface area contributed by atoms with Crippen molar-refractivity contribution in [2.45, 2.75) is 25.8 Å². The predicted octanol–water partition coefficient (Wildman–Crippen LogP) is 3.09. The first-order valence-electron chi connectivity index (χ1n) is 9.54. The molecule has 1 saturated heterocycles. The second kappa shape index (κ2) is 9.18. The van der Waals surface area contributed by atoms with Crippen molar-refractivity contribution in [3.05, 3.63) is 69.8 Å². The van der Waals surface area contributed by atoms with E-state index in [2.05, 4.69) is 5.32 Å². The van der Waals surface area contributed by atoms with E-state index in [-0.39, 0.29) is 29.7 Å². The zero-order chi connectivity index (χ0) is 20.8. The quantitative estimate of drug-likeness (QED) is 0.571. The third kappa shape index (κ3) is 4.90. The monoisotopic (exact) mass is 397 g/mol. The van der Waals surface area contributed by atoms with Crippen LogP contribution in [0.5, 0.6) is 5.75 Å². The van der Waals surface area contributed by atoms with Crippen LogP contribution in [0.4, 0.5) is 5.69 Å². The average Bonchev–Trinajstić information content (AvgIpc) is 3.22. The van der Waals surface area contributed by atoms with Gasteiger partial charge in [0.1, 0.15) is 5.75 Å². The van der Waals surface area contributed by atoms with Gasteiger partial charge in [-0.1, -0.05) is 18.2 Å². The highest BCUT2D eigenvalue weighted by molar-refractivity contribution is 5.97. The topological polar surface area (TPSA) is 102 Å². The summed E-state index contributed by atoms with van der Waals surface area (Å²) in [6.45, 7) is 2.99. The van der Waals surface area contributed by atoms with Crippen molar-refractivity contribution >= 4 is 17.5 Å². The molecule has 1 N–H and O–H groups in total. The van der Waals surface area contributed by atoms with E-state index in [1.807, 2.05) is 31.2 Å². The number of amides is 2. The second-order valence-electron chi connectivity index (χ2n) is 6.74. The summed E-state index contributed by atoms with van der Waals surface area (Å²) in [6, 6.07) is 13.1. The van der Waals surface area contributed by atoms with Crippen LogP contribution in [-0.2, 0) is 4.79 Å². The number of nitro groups is 1. The highest BCUT2D eigenvalue weighted by atomic mass is 16.6. The summed E-state index contributed by atoms with van der Waals surface area (Å²) >= 11 is 0. The molecule has 1 aliphatic heterocycles. The normalized spacial score (nSPS) is 15.8. The molecule has 2 aromatic carbocycles. The molecule has 1 aliphatic rings. The van der Waals surface area contributed by atoms with E-state index < -0.39 is 10.8 Å². The number of nitrogens with zero attached hydrogens (tertiary/aromatic N) is 2. The van der Waals surface area contributed by atoms with Crippen molar-refractivity contribution in [1.82, 2.24) is 10.2 Å². The lowest BCUT2D eigenvalue weighted by Gasteiger charge is -2.25. The highest BCUT2D eigenvalue weighted by Gasteiger charge is 2.30. The van der Waals surface area contributed by atoms with E-state index in [1.165, 1.54) is 24.3 Å². The van der Waals surface area contributed by atoms with Crippen LogP contribution in [0, 0.1) is 10.1 Å². The molecule has 1 unspecified atom stereocenters. The Morgan fingerprint density at radius 3 is 2.69 bits per heavy atom. The van der Waals surface area contributed by atoms with Gasteiger partial charge in [-0.05, 0) is 43.5 Å². The van der Waals surface area contributed by atoms with E-state index in [9.17, 15) is 19.7 Å². The number of nitrogens with one attached hydrogen (secondary N) is 1. The number of hydrogen-bond acceptors (Lipinski definition) is 5. The number of rotatable bonds is 7. The Morgan fingerprint density at radius 1 is 1.24 bits per heavy atom. The molecule has 3 rings (SSSR count). The standard InChI is InChI=1S/C21H23N3O5/c1-2-29-18-10-8-15(9-11-18)19-7-4-12-23(19)20(25)14-22-21(26)16-5-3-6-17(13-16)24(27)28/h3,5-6,8-11,13,19H,2,4,7,12,14H2,1H3,(H,22,26). The number of hydrogen-bond donors (Lipinski definition) is 1. The lowest BCUT2D eigenvalue weighted by Crippen LogP contribution is -2.39. The predicted molar refractivity (Wildman–Crippen MR) is 107 cm³/mol. The van der Waals surface area contributed by atoms with Crippen molar-refractivity contribution in [3.8, 4) is 5.75 Å². The van der Waals surface area contributed by atoms with Gasteiger partial charge in [-0.25, -0.2) is 0 Å². The molecule has 1 fully saturated rings. The largest absolute Gasteiger partial charge is 0.494 e. The van der Waals surface area contributed by atoms with Gasteiger partial charge in [-0.2, -0.15) is 0 Å². The zero-order valence-electron chi connectivity index (χ0n) is 16.2. The number of likely N-dealkylation sites (tertiary alicyclic amines) is 1. The third-order valence-corrected chi connectivity index (χ3v) is 4.87. The molecule has 2 amide bonds. The lowest BCUT2D eigenvalue weighted by molar-refractivity contribution is -0.384. The number of nitro benzene ring substituents is 1. The Hall–Kier alpha value is -3.42. The second-order valence-corrected chi connectivity index (χ2v) is 6.74. The highest BCUT2D eigenvalue weighted by Crippen LogP contribution is 2.32. The summed E-state index contributed by atoms with van der Waals surface area (Å²) in [6.07, 6.45) is 1.75. The SMILES string of the molecule is CCOc1ccc(C2CCCN2C(=O)CNC(=O)c2cccc([N+](=O)[O-])c2)cc1. The van der Waals surface area contributed by atoms with Crippen LogP contribution >= 0.6 is 0 Å². The van der Waals surface area contributed by atoms with Gasteiger partial charge in [0.15, 0.2) is 0 Å². The Morgan fingerprint density at radius 2 is 2.00 bits per heavy atom. The fourth-order valence-electron chi connectivity index (χ4n) is 3.48. The number of carbonyl (C=O) groups excluding carboxylic acids is 2. The fourth-order valence-corrected chi connectivity index (χ4v) is 3.48. The number of carbonyl (C=O) groups is 2. The maximum absolute atomic E-state index is 12.7. The van der Waals surface area contributed by atoms with E-state index >= 15 is 0 Å². The number of benzene rings is 2. The van der Waals surface area contributed by atoms with Gasteiger partial charge in [0.05, 0.1) is 24.1 Å². The average molecular weight is 397 g/mol. The van der Waals surface area contributed by atoms with Gasteiger partial charge in [-0.3, -0.25) is 19.7 Å². The van der Waals surface area contributed by atoms with Crippen molar-refractivity contribution in [2.24, 2.45) is 0 Å². The first kappa shape index (κ1) is 20.3. The maximum atomic E-state index is 12.7. The van der Waals surface area contributed by atoms with Gasteiger partial charge in [0, 0.05) is 24.2 Å². The molecule has 0 bridgehead atoms. The van der Waals surface area contributed by atoms with Gasteiger partial charge in [-0.15, -0.1) is 0 Å². The minimum absolute atomic E-state index is 0.0344. The molecular weight excluding hydrogens is 374 g/mol. The van der Waals surface area contributed by atoms with Crippen LogP contribution in [0.2, 0.25) is 0 Å². The summed E-state index contributed by atoms with van der Waals surface area (Å²) in [7, 11) is 0. The van der Waals surface area contributed by atoms with Gasteiger partial charge in [0.2, 0.25) is 5.91 Å². The van der Waals surface area contributed by atoms with Crippen LogP contribution in [-0.4, -0.2) is 41.3 Å². The Kier molecular flexibility index (Phi) is 6.43. The van der Waals surface area contributed by atoms with Crippen LogP contribution in [0.25, 0.3) is 0 Å². The molecule has 0 radical (unpaired) electrons. The van der Waals surface area contributed by atoms with Crippen LogP contribution < -0.4 is 10.1 Å². The maximum Gasteiger partial charge on any atom is 0.270 e. The number of non-ortho nitro benzene ring substituents is 1. The van der Waals surface area contributed by atoms with Crippen molar-refractivity contribution in [3.63, 3.8) is 0 Å². The third-order valence-electron chi connectivity index (χ3n) is 4.87. The molecule has 1 heterocycles. The first-order chi connectivity index (χ1) is 14.0. The first-order valence-corrected chi connectivity index (χ1v) is 9.54. The van der Waals surface area contributed by atoms with Crippen LogP contribution in [0.3, 0.4) is 0 Å². The smallest absolute Gasteiger partial charge is 0.270 e. The molecule has 0 saturated carbocycles. The summed E-state index contributed by atoms with van der Waals surface area (Å²) in [4.78, 5) is 37.0. The van der Waals surface area contributed by atoms with Crippen molar-refractivity contribution in [2.75, 3.05) is 19.7 Å². The molecule has 0 spiro atoms. The van der Waals surface area contributed by atoms with Crippen LogP contribution in [0.15, 0.2) is 48.5 Å². The van der Waals surface area contributed by atoms with Crippen molar-refractivity contribution < 1.29 is 19.2 Å². The van der Waals surface area contributed by atoms with Gasteiger partial charge in [0.25, 0.3) is 11.6 Å². The van der Waals surface area contributed by atoms with Crippen LogP contribution in [0.1, 0.15) is 41.7 Å².